The Morgan fingerprint density at radius 3 is 2.74 bits per heavy atom. The van der Waals surface area contributed by atoms with Crippen LogP contribution in [0.3, 0.4) is 0 Å². The number of nitrogens with zero attached hydrogens (tertiary/aromatic N) is 6. The van der Waals surface area contributed by atoms with Crippen LogP contribution in [0.4, 0.5) is 22.2 Å². The smallest absolute Gasteiger partial charge is 0.407 e. The van der Waals surface area contributed by atoms with E-state index in [1.807, 2.05) is 35.2 Å². The van der Waals surface area contributed by atoms with E-state index in [0.29, 0.717) is 42.2 Å². The normalized spacial score (nSPS) is 19.3. The highest BCUT2D eigenvalue weighted by Gasteiger charge is 2.31. The van der Waals surface area contributed by atoms with E-state index in [0.717, 1.165) is 36.7 Å². The van der Waals surface area contributed by atoms with Gasteiger partial charge in [-0.2, -0.15) is 10.2 Å². The fourth-order valence-corrected chi connectivity index (χ4v) is 5.75. The molecule has 0 aliphatic carbocycles. The Morgan fingerprint density at radius 1 is 1.14 bits per heavy atom. The number of fused-ring (bicyclic) bond motifs is 1. The van der Waals surface area contributed by atoms with Gasteiger partial charge in [-0.25, -0.2) is 9.78 Å². The van der Waals surface area contributed by atoms with Crippen LogP contribution in [0.1, 0.15) is 29.8 Å². The molecule has 1 aromatic heterocycles. The van der Waals surface area contributed by atoms with Crippen molar-refractivity contribution in [1.82, 2.24) is 19.8 Å². The fourth-order valence-electron chi connectivity index (χ4n) is 5.75. The van der Waals surface area contributed by atoms with Crippen LogP contribution >= 0.6 is 0 Å². The molecule has 2 aromatic carbocycles. The van der Waals surface area contributed by atoms with Crippen molar-refractivity contribution in [2.45, 2.75) is 25.3 Å². The third-order valence-corrected chi connectivity index (χ3v) is 7.91. The molecule has 3 N–H and O–H groups in total. The highest BCUT2D eigenvalue weighted by molar-refractivity contribution is 6.09. The lowest BCUT2D eigenvalue weighted by atomic mass is 9.99. The topological polar surface area (TPSA) is 147 Å². The maximum atomic E-state index is 13.7. The molecular weight excluding hydrogens is 536 g/mol. The lowest BCUT2D eigenvalue weighted by Gasteiger charge is -2.39. The molecule has 5 rings (SSSR count). The van der Waals surface area contributed by atoms with Crippen LogP contribution in [0.15, 0.2) is 42.5 Å². The van der Waals surface area contributed by atoms with Gasteiger partial charge in [-0.3, -0.25) is 4.79 Å². The second-order valence-electron chi connectivity index (χ2n) is 10.9. The van der Waals surface area contributed by atoms with Crippen molar-refractivity contribution >= 4 is 40.2 Å². The molecule has 3 heterocycles. The number of piperidine rings is 1. The van der Waals surface area contributed by atoms with Crippen LogP contribution in [0.5, 0.6) is 5.75 Å². The third kappa shape index (κ3) is 6.63. The van der Waals surface area contributed by atoms with E-state index >= 15 is 0 Å². The molecule has 2 fully saturated rings. The zero-order valence-corrected chi connectivity index (χ0v) is 23.9. The number of anilines is 3. The molecule has 2 aliphatic rings. The number of benzene rings is 2. The maximum Gasteiger partial charge on any atom is 0.407 e. The first-order valence-electron chi connectivity index (χ1n) is 14.2. The minimum Gasteiger partial charge on any atom is -0.497 e. The molecule has 12 nitrogen and oxygen atoms in total. The number of methoxy groups -OCH3 is 1. The quantitative estimate of drug-likeness (QED) is 0.365. The molecule has 0 radical (unpaired) electrons. The van der Waals surface area contributed by atoms with Gasteiger partial charge in [-0.15, -0.1) is 0 Å². The summed E-state index contributed by atoms with van der Waals surface area (Å²) in [6.45, 7) is 3.60. The second kappa shape index (κ2) is 12.9. The molecular formula is C30H36N8O4. The lowest BCUT2D eigenvalue weighted by molar-refractivity contribution is 0.102. The van der Waals surface area contributed by atoms with Crippen molar-refractivity contribution in [2.24, 2.45) is 5.92 Å². The molecule has 2 saturated heterocycles. The molecule has 1 unspecified atom stereocenters. The summed E-state index contributed by atoms with van der Waals surface area (Å²) < 4.78 is 5.45. The van der Waals surface area contributed by atoms with Gasteiger partial charge in [-0.1, -0.05) is 24.3 Å². The number of hydrogen-bond acceptors (Lipinski definition) is 9. The minimum absolute atomic E-state index is 0.0600. The molecule has 2 amide bonds. The Balaban J connectivity index is 1.44. The SMILES string of the molecule is COc1cc(NC(=O)c2cc(N3CCN(C(=O)O)[C@@H](CC#N)C3)nc(NCC3CCCN(C)C3)n2)c2ccccc2c1. The average molecular weight is 573 g/mol. The van der Waals surface area contributed by atoms with Crippen LogP contribution in [0.25, 0.3) is 10.8 Å². The predicted octanol–water partition coefficient (Wildman–Crippen LogP) is 3.73. The van der Waals surface area contributed by atoms with Gasteiger partial charge in [0.05, 0.1) is 31.3 Å². The summed E-state index contributed by atoms with van der Waals surface area (Å²) in [5, 5.41) is 27.1. The number of ether oxygens (including phenoxy) is 1. The number of hydrogen-bond donors (Lipinski definition) is 3. The minimum atomic E-state index is -1.05. The number of likely N-dealkylation sites (tertiary alicyclic amines) is 1. The third-order valence-electron chi connectivity index (χ3n) is 7.91. The Morgan fingerprint density at radius 2 is 1.98 bits per heavy atom. The Hall–Kier alpha value is -4.63. The van der Waals surface area contributed by atoms with Crippen molar-refractivity contribution in [2.75, 3.05) is 69.0 Å². The summed E-state index contributed by atoms with van der Waals surface area (Å²) in [7, 11) is 3.69. The van der Waals surface area contributed by atoms with E-state index in [2.05, 4.69) is 33.6 Å². The number of piperazine rings is 1. The summed E-state index contributed by atoms with van der Waals surface area (Å²) in [5.74, 6) is 1.47. The van der Waals surface area contributed by atoms with Crippen LogP contribution in [0, 0.1) is 17.2 Å². The number of nitrogens with one attached hydrogen (secondary N) is 2. The van der Waals surface area contributed by atoms with E-state index < -0.39 is 18.0 Å². The van der Waals surface area contributed by atoms with Gasteiger partial charge >= 0.3 is 6.09 Å². The summed E-state index contributed by atoms with van der Waals surface area (Å²) in [5.41, 5.74) is 0.770. The first-order chi connectivity index (χ1) is 20.3. The average Bonchev–Trinajstić information content (AvgIpc) is 2.99. The summed E-state index contributed by atoms with van der Waals surface area (Å²) in [6.07, 6.45) is 1.23. The van der Waals surface area contributed by atoms with E-state index in [-0.39, 0.29) is 25.2 Å². The van der Waals surface area contributed by atoms with Crippen molar-refractivity contribution < 1.29 is 19.4 Å². The number of nitriles is 1. The van der Waals surface area contributed by atoms with Crippen molar-refractivity contribution in [3.63, 3.8) is 0 Å². The second-order valence-corrected chi connectivity index (χ2v) is 10.9. The lowest BCUT2D eigenvalue weighted by Crippen LogP contribution is -2.55. The van der Waals surface area contributed by atoms with Gasteiger partial charge in [0.25, 0.3) is 5.91 Å². The number of amides is 2. The molecule has 220 valence electrons. The molecule has 0 spiro atoms. The molecule has 0 saturated carbocycles. The monoisotopic (exact) mass is 572 g/mol. The molecule has 3 aromatic rings. The van der Waals surface area contributed by atoms with Crippen LogP contribution in [-0.2, 0) is 0 Å². The molecule has 0 bridgehead atoms. The van der Waals surface area contributed by atoms with Crippen LogP contribution < -0.4 is 20.3 Å². The highest BCUT2D eigenvalue weighted by Crippen LogP contribution is 2.30. The van der Waals surface area contributed by atoms with Gasteiger partial charge < -0.3 is 35.2 Å². The largest absolute Gasteiger partial charge is 0.497 e. The predicted molar refractivity (Wildman–Crippen MR) is 160 cm³/mol. The van der Waals surface area contributed by atoms with Crippen molar-refractivity contribution in [3.8, 4) is 11.8 Å². The summed E-state index contributed by atoms with van der Waals surface area (Å²) >= 11 is 0. The summed E-state index contributed by atoms with van der Waals surface area (Å²) in [4.78, 5) is 40.3. The zero-order chi connectivity index (χ0) is 29.6. The van der Waals surface area contributed by atoms with E-state index in [1.165, 1.54) is 4.90 Å². The Bertz CT molecular complexity index is 1490. The number of rotatable bonds is 8. The van der Waals surface area contributed by atoms with Gasteiger partial charge in [0, 0.05) is 50.2 Å². The number of aromatic nitrogens is 2. The maximum absolute atomic E-state index is 13.7. The first-order valence-corrected chi connectivity index (χ1v) is 14.2. The van der Waals surface area contributed by atoms with Crippen LogP contribution in [-0.4, -0.2) is 96.3 Å². The van der Waals surface area contributed by atoms with Crippen molar-refractivity contribution in [1.29, 1.82) is 5.26 Å². The van der Waals surface area contributed by atoms with Crippen LogP contribution in [0.2, 0.25) is 0 Å². The van der Waals surface area contributed by atoms with Gasteiger partial charge in [0.15, 0.2) is 0 Å². The number of carboxylic acid groups (broad SMARTS) is 1. The van der Waals surface area contributed by atoms with Gasteiger partial charge in [0.2, 0.25) is 5.95 Å². The number of carbonyl (C=O) groups is 2. The van der Waals surface area contributed by atoms with Gasteiger partial charge in [0.1, 0.15) is 17.3 Å². The number of carbonyl (C=O) groups excluding carboxylic acids is 1. The molecule has 2 aliphatic heterocycles. The van der Waals surface area contributed by atoms with E-state index in [4.69, 9.17) is 9.72 Å². The van der Waals surface area contributed by atoms with Gasteiger partial charge in [-0.05, 0) is 43.8 Å². The Labute approximate surface area is 244 Å². The summed E-state index contributed by atoms with van der Waals surface area (Å²) in [6, 6.07) is 14.6. The standard InChI is InChI=1S/C30H36N8O4/c1-36-11-5-6-20(18-36)17-32-29-34-26(16-27(35-29)37-12-13-38(30(40)41)22(19-37)9-10-31)28(39)33-25-15-23(42-2)14-21-7-3-4-8-24(21)25/h3-4,7-8,14-16,20,22H,5-6,9,11-13,17-19H2,1-2H3,(H,33,39)(H,40,41)(H,32,34,35)/t20?,22-/m0/s1. The molecule has 2 atom stereocenters. The zero-order valence-electron chi connectivity index (χ0n) is 23.9. The van der Waals surface area contributed by atoms with E-state index in [9.17, 15) is 20.0 Å². The highest BCUT2D eigenvalue weighted by atomic mass is 16.5. The Kier molecular flexibility index (Phi) is 8.88. The van der Waals surface area contributed by atoms with Crippen molar-refractivity contribution in [3.05, 3.63) is 48.2 Å². The first kappa shape index (κ1) is 28.9. The fraction of sp³-hybridized carbons (Fsp3) is 0.433. The van der Waals surface area contributed by atoms with E-state index in [1.54, 1.807) is 19.2 Å². The molecule has 42 heavy (non-hydrogen) atoms. The molecule has 12 heteroatoms.